The Morgan fingerprint density at radius 1 is 1.43 bits per heavy atom. The highest BCUT2D eigenvalue weighted by atomic mass is 35.5. The van der Waals surface area contributed by atoms with E-state index in [2.05, 4.69) is 5.32 Å². The molecule has 1 aliphatic heterocycles. The van der Waals surface area contributed by atoms with Gasteiger partial charge in [-0.2, -0.15) is 0 Å². The van der Waals surface area contributed by atoms with E-state index in [4.69, 9.17) is 0 Å². The summed E-state index contributed by atoms with van der Waals surface area (Å²) >= 11 is 0. The lowest BCUT2D eigenvalue weighted by Crippen LogP contribution is -2.13. The van der Waals surface area contributed by atoms with Gasteiger partial charge in [0.1, 0.15) is 5.82 Å². The minimum Gasteiger partial charge on any atom is -0.310 e. The van der Waals surface area contributed by atoms with Gasteiger partial charge in [-0.05, 0) is 49.6 Å². The molecule has 78 valence electrons. The number of hydrogen-bond donors (Lipinski definition) is 1. The predicted molar refractivity (Wildman–Crippen MR) is 58.4 cm³/mol. The van der Waals surface area contributed by atoms with Crippen LogP contribution in [0.4, 0.5) is 4.39 Å². The number of nitrogens with one attached hydrogen (secondary N) is 1. The zero-order valence-corrected chi connectivity index (χ0v) is 9.03. The van der Waals surface area contributed by atoms with Crippen LogP contribution in [0, 0.1) is 12.7 Å². The van der Waals surface area contributed by atoms with Gasteiger partial charge in [-0.1, -0.05) is 6.07 Å². The Balaban J connectivity index is 0.000000980. The van der Waals surface area contributed by atoms with Crippen LogP contribution in [0.25, 0.3) is 0 Å². The third-order valence-electron chi connectivity index (χ3n) is 2.67. The molecule has 0 aliphatic carbocycles. The maximum absolute atomic E-state index is 12.8. The Morgan fingerprint density at radius 3 is 2.79 bits per heavy atom. The highest BCUT2D eigenvalue weighted by Crippen LogP contribution is 2.25. The first-order valence-corrected chi connectivity index (χ1v) is 4.77. The zero-order valence-electron chi connectivity index (χ0n) is 8.22. The zero-order chi connectivity index (χ0) is 9.26. The average Bonchev–Trinajstić information content (AvgIpc) is 2.56. The summed E-state index contributed by atoms with van der Waals surface area (Å²) in [6.45, 7) is 3.06. The second-order valence-electron chi connectivity index (χ2n) is 3.65. The van der Waals surface area contributed by atoms with E-state index < -0.39 is 0 Å². The SMILES string of the molecule is Cc1cc(F)ccc1[C@H]1CCCN1.Cl. The maximum atomic E-state index is 12.8. The van der Waals surface area contributed by atoms with Crippen molar-refractivity contribution in [3.8, 4) is 0 Å². The third-order valence-corrected chi connectivity index (χ3v) is 2.67. The molecule has 1 aromatic carbocycles. The summed E-state index contributed by atoms with van der Waals surface area (Å²) in [6.07, 6.45) is 2.40. The molecule has 0 aromatic heterocycles. The van der Waals surface area contributed by atoms with E-state index in [1.54, 1.807) is 12.1 Å². The molecule has 0 amide bonds. The van der Waals surface area contributed by atoms with Gasteiger partial charge in [0.25, 0.3) is 0 Å². The molecular weight excluding hydrogens is 201 g/mol. The van der Waals surface area contributed by atoms with Crippen LogP contribution in [0.2, 0.25) is 0 Å². The van der Waals surface area contributed by atoms with Gasteiger partial charge in [0.15, 0.2) is 0 Å². The Hall–Kier alpha value is -0.600. The maximum Gasteiger partial charge on any atom is 0.123 e. The van der Waals surface area contributed by atoms with Gasteiger partial charge in [0.05, 0.1) is 0 Å². The molecule has 1 nitrogen and oxygen atoms in total. The van der Waals surface area contributed by atoms with Crippen LogP contribution in [0.3, 0.4) is 0 Å². The largest absolute Gasteiger partial charge is 0.310 e. The first-order chi connectivity index (χ1) is 6.27. The molecule has 0 bridgehead atoms. The van der Waals surface area contributed by atoms with Gasteiger partial charge in [0.2, 0.25) is 0 Å². The summed E-state index contributed by atoms with van der Waals surface area (Å²) in [7, 11) is 0. The van der Waals surface area contributed by atoms with Crippen molar-refractivity contribution in [1.82, 2.24) is 5.32 Å². The Bertz CT molecular complexity index is 308. The summed E-state index contributed by atoms with van der Waals surface area (Å²) < 4.78 is 12.8. The molecule has 1 aliphatic rings. The van der Waals surface area contributed by atoms with Crippen molar-refractivity contribution in [1.29, 1.82) is 0 Å². The fourth-order valence-electron chi connectivity index (χ4n) is 1.98. The standard InChI is InChI=1S/C11H14FN.ClH/c1-8-7-9(12)4-5-10(8)11-3-2-6-13-11;/h4-5,7,11,13H,2-3,6H2,1H3;1H/t11-;/m1./s1. The lowest BCUT2D eigenvalue weighted by Gasteiger charge is -2.13. The van der Waals surface area contributed by atoms with Crippen LogP contribution >= 0.6 is 12.4 Å². The van der Waals surface area contributed by atoms with Crippen LogP contribution in [0.5, 0.6) is 0 Å². The molecule has 2 rings (SSSR count). The number of aryl methyl sites for hydroxylation is 1. The third kappa shape index (κ3) is 2.25. The van der Waals surface area contributed by atoms with Gasteiger partial charge >= 0.3 is 0 Å². The van der Waals surface area contributed by atoms with Gasteiger partial charge in [-0.25, -0.2) is 4.39 Å². The predicted octanol–water partition coefficient (Wildman–Crippen LogP) is 2.98. The number of rotatable bonds is 1. The minimum absolute atomic E-state index is 0. The molecule has 0 saturated carbocycles. The fourth-order valence-corrected chi connectivity index (χ4v) is 1.98. The molecule has 3 heteroatoms. The molecular formula is C11H15ClFN. The molecule has 1 aromatic rings. The number of benzene rings is 1. The molecule has 1 heterocycles. The van der Waals surface area contributed by atoms with Crippen molar-refractivity contribution in [3.63, 3.8) is 0 Å². The summed E-state index contributed by atoms with van der Waals surface area (Å²) in [4.78, 5) is 0. The summed E-state index contributed by atoms with van der Waals surface area (Å²) in [5, 5.41) is 3.41. The monoisotopic (exact) mass is 215 g/mol. The van der Waals surface area contributed by atoms with E-state index in [1.165, 1.54) is 18.4 Å². The molecule has 1 fully saturated rings. The van der Waals surface area contributed by atoms with Crippen LogP contribution < -0.4 is 5.32 Å². The van der Waals surface area contributed by atoms with E-state index >= 15 is 0 Å². The second kappa shape index (κ2) is 4.76. The Morgan fingerprint density at radius 2 is 2.21 bits per heavy atom. The van der Waals surface area contributed by atoms with Gasteiger partial charge in [0, 0.05) is 6.04 Å². The fraction of sp³-hybridized carbons (Fsp3) is 0.455. The lowest BCUT2D eigenvalue weighted by atomic mass is 10.0. The van der Waals surface area contributed by atoms with E-state index in [0.717, 1.165) is 12.1 Å². The summed E-state index contributed by atoms with van der Waals surface area (Å²) in [5.74, 6) is -0.140. The van der Waals surface area contributed by atoms with Crippen LogP contribution in [0.1, 0.15) is 30.0 Å². The summed E-state index contributed by atoms with van der Waals surface area (Å²) in [6, 6.07) is 5.49. The molecule has 0 unspecified atom stereocenters. The molecule has 0 radical (unpaired) electrons. The van der Waals surface area contributed by atoms with E-state index in [1.807, 2.05) is 13.0 Å². The van der Waals surface area contributed by atoms with Crippen molar-refractivity contribution in [2.45, 2.75) is 25.8 Å². The molecule has 1 saturated heterocycles. The van der Waals surface area contributed by atoms with Crippen LogP contribution in [-0.4, -0.2) is 6.54 Å². The quantitative estimate of drug-likeness (QED) is 0.760. The first kappa shape index (κ1) is 11.5. The topological polar surface area (TPSA) is 12.0 Å². The van der Waals surface area contributed by atoms with Crippen molar-refractivity contribution in [3.05, 3.63) is 35.1 Å². The second-order valence-corrected chi connectivity index (χ2v) is 3.65. The Labute approximate surface area is 90.1 Å². The van der Waals surface area contributed by atoms with E-state index in [0.29, 0.717) is 6.04 Å². The molecule has 1 N–H and O–H groups in total. The van der Waals surface area contributed by atoms with E-state index in [9.17, 15) is 4.39 Å². The number of halogens is 2. The smallest absolute Gasteiger partial charge is 0.123 e. The van der Waals surface area contributed by atoms with Crippen LogP contribution in [-0.2, 0) is 0 Å². The normalized spacial score (nSPS) is 20.6. The molecule has 1 atom stereocenters. The van der Waals surface area contributed by atoms with Crippen molar-refractivity contribution >= 4 is 12.4 Å². The lowest BCUT2D eigenvalue weighted by molar-refractivity contribution is 0.614. The average molecular weight is 216 g/mol. The van der Waals surface area contributed by atoms with Crippen molar-refractivity contribution in [2.75, 3.05) is 6.54 Å². The van der Waals surface area contributed by atoms with Gasteiger partial charge < -0.3 is 5.32 Å². The van der Waals surface area contributed by atoms with Gasteiger partial charge in [-0.3, -0.25) is 0 Å². The molecule has 0 spiro atoms. The molecule has 14 heavy (non-hydrogen) atoms. The van der Waals surface area contributed by atoms with Crippen molar-refractivity contribution < 1.29 is 4.39 Å². The first-order valence-electron chi connectivity index (χ1n) is 4.77. The summed E-state index contributed by atoms with van der Waals surface area (Å²) in [5.41, 5.74) is 2.30. The minimum atomic E-state index is -0.140. The Kier molecular flexibility index (Phi) is 3.90. The number of hydrogen-bond acceptors (Lipinski definition) is 1. The van der Waals surface area contributed by atoms with Crippen molar-refractivity contribution in [2.24, 2.45) is 0 Å². The van der Waals surface area contributed by atoms with Crippen LogP contribution in [0.15, 0.2) is 18.2 Å². The highest BCUT2D eigenvalue weighted by molar-refractivity contribution is 5.85. The highest BCUT2D eigenvalue weighted by Gasteiger charge is 2.17. The van der Waals surface area contributed by atoms with E-state index in [-0.39, 0.29) is 18.2 Å². The van der Waals surface area contributed by atoms with Gasteiger partial charge in [-0.15, -0.1) is 12.4 Å².